The first-order chi connectivity index (χ1) is 15.9. The lowest BCUT2D eigenvalue weighted by Crippen LogP contribution is -2.39. The van der Waals surface area contributed by atoms with Crippen LogP contribution in [-0.2, 0) is 14.4 Å². The summed E-state index contributed by atoms with van der Waals surface area (Å²) in [5.41, 5.74) is -3.03. The number of Topliss-reactive ketones (excluding diaryl/α,β-unsaturated/α-hetero) is 1. The summed E-state index contributed by atoms with van der Waals surface area (Å²) in [6, 6.07) is 5.71. The number of carbonyl (C=O) groups excluding carboxylic acids is 3. The fourth-order valence-electron chi connectivity index (χ4n) is 3.07. The molecule has 34 heavy (non-hydrogen) atoms. The van der Waals surface area contributed by atoms with Gasteiger partial charge in [0.25, 0.3) is 23.2 Å². The molecule has 0 aromatic heterocycles. The van der Waals surface area contributed by atoms with Crippen LogP contribution in [0, 0.1) is 36.3 Å². The number of halogens is 1. The van der Waals surface area contributed by atoms with Gasteiger partial charge in [-0.25, -0.2) is 0 Å². The van der Waals surface area contributed by atoms with Crippen LogP contribution >= 0.6 is 11.6 Å². The van der Waals surface area contributed by atoms with Gasteiger partial charge in [-0.15, -0.1) is 0 Å². The highest BCUT2D eigenvalue weighted by molar-refractivity contribution is 6.50. The van der Waals surface area contributed by atoms with E-state index in [2.05, 4.69) is 5.10 Å². The molecule has 0 bridgehead atoms. The molecule has 0 aliphatic carbocycles. The van der Waals surface area contributed by atoms with Crippen LogP contribution in [0.1, 0.15) is 6.92 Å². The van der Waals surface area contributed by atoms with Gasteiger partial charge in [0.1, 0.15) is 17.3 Å². The highest BCUT2D eigenvalue weighted by Crippen LogP contribution is 2.35. The first-order valence-electron chi connectivity index (χ1n) is 9.03. The van der Waals surface area contributed by atoms with Crippen LogP contribution in [0.2, 0.25) is 5.02 Å². The Labute approximate surface area is 193 Å². The Hall–Kier alpha value is -4.79. The largest absolute Gasteiger partial charge is 0.314 e. The molecule has 1 N–H and O–H groups in total. The van der Waals surface area contributed by atoms with Crippen LogP contribution in [0.3, 0.4) is 0 Å². The second kappa shape index (κ2) is 8.99. The van der Waals surface area contributed by atoms with Gasteiger partial charge in [0, 0.05) is 17.2 Å². The average molecular weight is 491 g/mol. The molecule has 2 amide bonds. The lowest BCUT2D eigenvalue weighted by atomic mass is 9.98. The fraction of sp³-hybridized carbons (Fsp3) is 0.111. The third-order valence-electron chi connectivity index (χ3n) is 4.62. The van der Waals surface area contributed by atoms with Gasteiger partial charge in [-0.2, -0.15) is 10.1 Å². The Balaban J connectivity index is 1.89. The number of amides is 2. The zero-order valence-corrected chi connectivity index (χ0v) is 17.6. The number of hydrogen-bond acceptors (Lipinski definition) is 10. The maximum absolute atomic E-state index is 12.9. The molecule has 1 heterocycles. The van der Waals surface area contributed by atoms with Gasteiger partial charge in [-0.3, -0.25) is 44.7 Å². The summed E-state index contributed by atoms with van der Waals surface area (Å²) < 4.78 is 0. The minimum absolute atomic E-state index is 0.00491. The fourth-order valence-corrected chi connectivity index (χ4v) is 3.23. The van der Waals surface area contributed by atoms with Crippen molar-refractivity contribution in [2.75, 3.05) is 10.3 Å². The zero-order chi connectivity index (χ0) is 25.3. The first-order valence-corrected chi connectivity index (χ1v) is 9.41. The third-order valence-corrected chi connectivity index (χ3v) is 4.85. The topological polar surface area (TPSA) is 208 Å². The van der Waals surface area contributed by atoms with E-state index >= 15 is 0 Å². The number of ketones is 1. The van der Waals surface area contributed by atoms with Crippen LogP contribution in [0.15, 0.2) is 41.5 Å². The van der Waals surface area contributed by atoms with Gasteiger partial charge in [0.05, 0.1) is 26.5 Å². The normalized spacial score (nSPS) is 15.0. The third kappa shape index (κ3) is 4.40. The van der Waals surface area contributed by atoms with Crippen LogP contribution in [0.4, 0.5) is 28.4 Å². The molecule has 0 radical (unpaired) electrons. The van der Waals surface area contributed by atoms with Gasteiger partial charge < -0.3 is 5.32 Å². The summed E-state index contributed by atoms with van der Waals surface area (Å²) in [4.78, 5) is 68.8. The van der Waals surface area contributed by atoms with Crippen molar-refractivity contribution in [1.29, 1.82) is 0 Å². The molecule has 2 aromatic carbocycles. The molecule has 2 aromatic rings. The van der Waals surface area contributed by atoms with Crippen molar-refractivity contribution in [2.45, 2.75) is 6.92 Å². The molecule has 1 aliphatic rings. The van der Waals surface area contributed by atoms with E-state index in [4.69, 9.17) is 11.6 Å². The number of nitro benzene ring substituents is 3. The number of hydrogen-bond donors (Lipinski definition) is 1. The molecule has 16 heteroatoms. The average Bonchev–Trinajstić information content (AvgIpc) is 3.07. The van der Waals surface area contributed by atoms with Crippen molar-refractivity contribution in [3.8, 4) is 0 Å². The Kier molecular flexibility index (Phi) is 6.31. The molecule has 3 rings (SSSR count). The minimum Gasteiger partial charge on any atom is -0.314 e. The van der Waals surface area contributed by atoms with Crippen molar-refractivity contribution >= 4 is 63.3 Å². The summed E-state index contributed by atoms with van der Waals surface area (Å²) in [6.45, 7) is 1.22. The molecule has 0 unspecified atom stereocenters. The van der Waals surface area contributed by atoms with Crippen LogP contribution in [0.5, 0.6) is 0 Å². The summed E-state index contributed by atoms with van der Waals surface area (Å²) in [5, 5.41) is 39.8. The maximum Gasteiger partial charge on any atom is 0.301 e. The van der Waals surface area contributed by atoms with E-state index in [1.807, 2.05) is 5.32 Å². The number of non-ortho nitro benzene ring substituents is 1. The van der Waals surface area contributed by atoms with Crippen molar-refractivity contribution in [1.82, 2.24) is 0 Å². The molecule has 0 spiro atoms. The van der Waals surface area contributed by atoms with E-state index in [-0.39, 0.29) is 16.4 Å². The number of anilines is 2. The number of rotatable bonds is 7. The van der Waals surface area contributed by atoms with Gasteiger partial charge >= 0.3 is 5.69 Å². The molecule has 1 aliphatic heterocycles. The number of hydrazone groups is 1. The van der Waals surface area contributed by atoms with E-state index in [0.717, 1.165) is 24.3 Å². The van der Waals surface area contributed by atoms with E-state index in [0.29, 0.717) is 11.1 Å². The van der Waals surface area contributed by atoms with Crippen LogP contribution < -0.4 is 10.3 Å². The highest BCUT2D eigenvalue weighted by Gasteiger charge is 2.44. The van der Waals surface area contributed by atoms with E-state index in [1.54, 1.807) is 0 Å². The van der Waals surface area contributed by atoms with Gasteiger partial charge in [0.2, 0.25) is 5.78 Å². The molecular formula is C18H11ClN6O9. The Morgan fingerprint density at radius 3 is 2.24 bits per heavy atom. The van der Waals surface area contributed by atoms with Crippen LogP contribution in [0.25, 0.3) is 0 Å². The summed E-state index contributed by atoms with van der Waals surface area (Å²) >= 11 is 5.70. The SMILES string of the molecule is CC1=NN(c2ccc([N+](=O)[O-])cc2[N+](=O)[O-])C(=O)[C@H]1C(=O)C(=O)Nc1ccc(Cl)cc1[N+](=O)[O-]. The number of carbonyl (C=O) groups is 3. The summed E-state index contributed by atoms with van der Waals surface area (Å²) in [5.74, 6) is -5.61. The molecule has 174 valence electrons. The highest BCUT2D eigenvalue weighted by atomic mass is 35.5. The number of nitrogens with zero attached hydrogens (tertiary/aromatic N) is 5. The van der Waals surface area contributed by atoms with Crippen molar-refractivity contribution in [2.24, 2.45) is 11.0 Å². The molecule has 0 saturated carbocycles. The molecular weight excluding hydrogens is 480 g/mol. The maximum atomic E-state index is 12.9. The van der Waals surface area contributed by atoms with Crippen molar-refractivity contribution in [3.63, 3.8) is 0 Å². The van der Waals surface area contributed by atoms with E-state index < -0.39 is 61.0 Å². The van der Waals surface area contributed by atoms with Crippen molar-refractivity contribution in [3.05, 3.63) is 71.8 Å². The Bertz CT molecular complexity index is 1320. The quantitative estimate of drug-likeness (QED) is 0.261. The van der Waals surface area contributed by atoms with E-state index in [1.165, 1.54) is 13.0 Å². The minimum atomic E-state index is -1.78. The Morgan fingerprint density at radius 2 is 1.65 bits per heavy atom. The van der Waals surface area contributed by atoms with Gasteiger partial charge in [-0.05, 0) is 25.1 Å². The monoisotopic (exact) mass is 490 g/mol. The smallest absolute Gasteiger partial charge is 0.301 e. The zero-order valence-electron chi connectivity index (χ0n) is 16.8. The second-order valence-electron chi connectivity index (χ2n) is 6.75. The lowest BCUT2D eigenvalue weighted by Gasteiger charge is -2.14. The van der Waals surface area contributed by atoms with Crippen molar-refractivity contribution < 1.29 is 29.2 Å². The predicted octanol–water partition coefficient (Wildman–Crippen LogP) is 2.61. The number of nitro groups is 3. The number of benzene rings is 2. The van der Waals surface area contributed by atoms with Crippen LogP contribution in [-0.4, -0.2) is 38.1 Å². The number of nitrogens with one attached hydrogen (secondary N) is 1. The standard InChI is InChI=1S/C18H11ClN6O9/c1-8-15(16(26)17(27)20-11-4-2-9(19)6-13(11)24(31)32)18(28)22(21-8)12-5-3-10(23(29)30)7-14(12)25(33)34/h2-7,15H,1H3,(H,20,27)/t15-/m1/s1. The molecule has 0 fully saturated rings. The van der Waals surface area contributed by atoms with Gasteiger partial charge in [-0.1, -0.05) is 11.6 Å². The first kappa shape index (κ1) is 23.9. The molecule has 15 nitrogen and oxygen atoms in total. The molecule has 1 atom stereocenters. The summed E-state index contributed by atoms with van der Waals surface area (Å²) in [6.07, 6.45) is 0. The second-order valence-corrected chi connectivity index (χ2v) is 7.19. The summed E-state index contributed by atoms with van der Waals surface area (Å²) in [7, 11) is 0. The van der Waals surface area contributed by atoms with Gasteiger partial charge in [0.15, 0.2) is 0 Å². The lowest BCUT2D eigenvalue weighted by molar-refractivity contribution is -0.393. The predicted molar refractivity (Wildman–Crippen MR) is 116 cm³/mol. The Morgan fingerprint density at radius 1 is 1.00 bits per heavy atom. The molecule has 0 saturated heterocycles. The van der Waals surface area contributed by atoms with E-state index in [9.17, 15) is 44.7 Å².